The third-order valence-corrected chi connectivity index (χ3v) is 5.58. The molecule has 0 bridgehead atoms. The molecule has 8 nitrogen and oxygen atoms in total. The van der Waals surface area contributed by atoms with Crippen molar-refractivity contribution in [1.29, 1.82) is 0 Å². The zero-order valence-electron chi connectivity index (χ0n) is 20.0. The van der Waals surface area contributed by atoms with Gasteiger partial charge in [-0.15, -0.1) is 0 Å². The van der Waals surface area contributed by atoms with Crippen LogP contribution in [-0.4, -0.2) is 37.3 Å². The van der Waals surface area contributed by atoms with Crippen molar-refractivity contribution in [3.8, 4) is 5.75 Å². The number of anilines is 1. The van der Waals surface area contributed by atoms with Gasteiger partial charge < -0.3 is 19.7 Å². The van der Waals surface area contributed by atoms with Crippen LogP contribution in [0.3, 0.4) is 0 Å². The lowest BCUT2D eigenvalue weighted by atomic mass is 10.1. The van der Waals surface area contributed by atoms with Gasteiger partial charge in [0.15, 0.2) is 0 Å². The third kappa shape index (κ3) is 8.76. The van der Waals surface area contributed by atoms with E-state index in [1.54, 1.807) is 29.2 Å². The van der Waals surface area contributed by atoms with E-state index in [4.69, 9.17) is 4.18 Å². The highest BCUT2D eigenvalue weighted by Crippen LogP contribution is 2.21. The summed E-state index contributed by atoms with van der Waals surface area (Å²) in [4.78, 5) is 25.5. The van der Waals surface area contributed by atoms with Crippen LogP contribution >= 0.6 is 0 Å². The first-order valence-electron chi connectivity index (χ1n) is 10.7. The summed E-state index contributed by atoms with van der Waals surface area (Å²) in [6, 6.07) is 12.2. The number of benzene rings is 2. The first kappa shape index (κ1) is 26.2. The van der Waals surface area contributed by atoms with Crippen molar-refractivity contribution in [2.24, 2.45) is 5.92 Å². The topological polar surface area (TPSA) is 105 Å². The predicted octanol–water partition coefficient (Wildman–Crippen LogP) is 4.38. The summed E-state index contributed by atoms with van der Waals surface area (Å²) in [7, 11) is -4.03. The lowest BCUT2D eigenvalue weighted by molar-refractivity contribution is -0.114. The van der Waals surface area contributed by atoms with E-state index in [0.29, 0.717) is 24.7 Å². The monoisotopic (exact) mass is 475 g/mol. The highest BCUT2D eigenvalue weighted by molar-refractivity contribution is 7.87. The van der Waals surface area contributed by atoms with Gasteiger partial charge in [-0.05, 0) is 68.7 Å². The van der Waals surface area contributed by atoms with E-state index in [1.807, 2.05) is 34.6 Å². The quantitative estimate of drug-likeness (QED) is 0.552. The first-order chi connectivity index (χ1) is 15.2. The van der Waals surface area contributed by atoms with Gasteiger partial charge in [-0.25, -0.2) is 4.79 Å². The zero-order chi connectivity index (χ0) is 24.8. The maximum atomic E-state index is 12.7. The minimum Gasteiger partial charge on any atom is -0.379 e. The molecule has 0 fully saturated rings. The summed E-state index contributed by atoms with van der Waals surface area (Å²) in [6.45, 7) is 12.2. The van der Waals surface area contributed by atoms with Crippen LogP contribution in [-0.2, 0) is 21.5 Å². The highest BCUT2D eigenvalue weighted by atomic mass is 32.2. The molecule has 0 aliphatic heterocycles. The lowest BCUT2D eigenvalue weighted by Gasteiger charge is -2.29. The van der Waals surface area contributed by atoms with Crippen LogP contribution in [0.4, 0.5) is 10.5 Å². The maximum Gasteiger partial charge on any atom is 0.339 e. The summed E-state index contributed by atoms with van der Waals surface area (Å²) in [5.74, 6) is 0.213. The van der Waals surface area contributed by atoms with Crippen molar-refractivity contribution >= 4 is 27.7 Å². The number of carbonyl (C=O) groups excluding carboxylic acids is 2. The summed E-state index contributed by atoms with van der Waals surface area (Å²) < 4.78 is 30.4. The Labute approximate surface area is 196 Å². The molecule has 0 saturated carbocycles. The van der Waals surface area contributed by atoms with Gasteiger partial charge in [0.2, 0.25) is 5.91 Å². The fourth-order valence-electron chi connectivity index (χ4n) is 3.01. The van der Waals surface area contributed by atoms with Crippen molar-refractivity contribution in [3.63, 3.8) is 0 Å². The molecule has 9 heteroatoms. The minimum absolute atomic E-state index is 0.0253. The molecule has 2 N–H and O–H groups in total. The van der Waals surface area contributed by atoms with Gasteiger partial charge in [0.05, 0.1) is 0 Å². The second-order valence-electron chi connectivity index (χ2n) is 9.34. The predicted molar refractivity (Wildman–Crippen MR) is 129 cm³/mol. The molecule has 0 aromatic heterocycles. The van der Waals surface area contributed by atoms with Crippen molar-refractivity contribution in [2.75, 3.05) is 11.9 Å². The van der Waals surface area contributed by atoms with Gasteiger partial charge in [-0.2, -0.15) is 8.42 Å². The average Bonchev–Trinajstić information content (AvgIpc) is 2.67. The molecule has 0 aliphatic carbocycles. The highest BCUT2D eigenvalue weighted by Gasteiger charge is 2.21. The minimum atomic E-state index is -4.03. The number of nitrogens with zero attached hydrogens (tertiary/aromatic N) is 1. The number of rotatable bonds is 8. The summed E-state index contributed by atoms with van der Waals surface area (Å²) in [5.41, 5.74) is 0.995. The molecule has 33 heavy (non-hydrogen) atoms. The Morgan fingerprint density at radius 2 is 1.58 bits per heavy atom. The summed E-state index contributed by atoms with van der Waals surface area (Å²) in [5, 5.41) is 5.56. The maximum absolute atomic E-state index is 12.7. The van der Waals surface area contributed by atoms with Crippen LogP contribution in [0.1, 0.15) is 47.1 Å². The van der Waals surface area contributed by atoms with E-state index < -0.39 is 10.1 Å². The second kappa shape index (κ2) is 10.7. The molecule has 3 amide bonds. The normalized spacial score (nSPS) is 11.7. The molecular weight excluding hydrogens is 442 g/mol. The molecule has 2 rings (SSSR count). The number of hydrogen-bond acceptors (Lipinski definition) is 5. The van der Waals surface area contributed by atoms with Crippen LogP contribution < -0.4 is 14.8 Å². The number of amides is 3. The first-order valence-corrected chi connectivity index (χ1v) is 12.1. The SMILES string of the molecule is CC(=O)Nc1ccc(S(=O)(=O)Oc2ccc(CN(CC(C)C)C(=O)NC(C)(C)C)cc2)cc1. The van der Waals surface area contributed by atoms with Gasteiger partial charge in [0.1, 0.15) is 10.6 Å². The van der Waals surface area contributed by atoms with E-state index >= 15 is 0 Å². The fourth-order valence-corrected chi connectivity index (χ4v) is 3.94. The van der Waals surface area contributed by atoms with Gasteiger partial charge in [-0.3, -0.25) is 4.79 Å². The van der Waals surface area contributed by atoms with Crippen molar-refractivity contribution in [3.05, 3.63) is 54.1 Å². The fraction of sp³-hybridized carbons (Fsp3) is 0.417. The number of hydrogen-bond donors (Lipinski definition) is 2. The Morgan fingerprint density at radius 3 is 2.06 bits per heavy atom. The molecule has 0 saturated heterocycles. The van der Waals surface area contributed by atoms with E-state index in [9.17, 15) is 18.0 Å². The van der Waals surface area contributed by atoms with Crippen molar-refractivity contribution < 1.29 is 22.2 Å². The van der Waals surface area contributed by atoms with E-state index in [1.165, 1.54) is 31.2 Å². The standard InChI is InChI=1S/C24H33N3O5S/c1-17(2)15-27(23(29)26-24(4,5)6)16-19-7-11-21(12-8-19)32-33(30,31)22-13-9-20(10-14-22)25-18(3)28/h7-14,17H,15-16H2,1-6H3,(H,25,28)(H,26,29). The van der Waals surface area contributed by atoms with Gasteiger partial charge in [-0.1, -0.05) is 26.0 Å². The van der Waals surface area contributed by atoms with E-state index in [0.717, 1.165) is 5.56 Å². The van der Waals surface area contributed by atoms with Crippen molar-refractivity contribution in [2.45, 2.75) is 58.5 Å². The molecule has 0 aliphatic rings. The Kier molecular flexibility index (Phi) is 8.49. The van der Waals surface area contributed by atoms with Crippen LogP contribution in [0.2, 0.25) is 0 Å². The largest absolute Gasteiger partial charge is 0.379 e. The second-order valence-corrected chi connectivity index (χ2v) is 10.9. The average molecular weight is 476 g/mol. The third-order valence-electron chi connectivity index (χ3n) is 4.32. The molecule has 180 valence electrons. The zero-order valence-corrected chi connectivity index (χ0v) is 20.8. The summed E-state index contributed by atoms with van der Waals surface area (Å²) in [6.07, 6.45) is 0. The van der Waals surface area contributed by atoms with Gasteiger partial charge in [0.25, 0.3) is 0 Å². The smallest absolute Gasteiger partial charge is 0.339 e. The molecule has 0 heterocycles. The molecule has 0 atom stereocenters. The number of urea groups is 1. The molecule has 2 aromatic carbocycles. The Morgan fingerprint density at radius 1 is 1.00 bits per heavy atom. The van der Waals surface area contributed by atoms with E-state index in [2.05, 4.69) is 10.6 Å². The van der Waals surface area contributed by atoms with Gasteiger partial charge >= 0.3 is 16.1 Å². The summed E-state index contributed by atoms with van der Waals surface area (Å²) >= 11 is 0. The molecule has 0 radical (unpaired) electrons. The van der Waals surface area contributed by atoms with Crippen LogP contribution in [0, 0.1) is 5.92 Å². The molecule has 2 aromatic rings. The number of nitrogens with one attached hydrogen (secondary N) is 2. The Balaban J connectivity index is 2.10. The Bertz CT molecular complexity index is 1060. The molecular formula is C24H33N3O5S. The lowest BCUT2D eigenvalue weighted by Crippen LogP contribution is -2.49. The van der Waals surface area contributed by atoms with Crippen molar-refractivity contribution in [1.82, 2.24) is 10.2 Å². The van der Waals surface area contributed by atoms with Crippen LogP contribution in [0.15, 0.2) is 53.4 Å². The van der Waals surface area contributed by atoms with Gasteiger partial charge in [0, 0.05) is 31.2 Å². The van der Waals surface area contributed by atoms with E-state index in [-0.39, 0.29) is 28.1 Å². The molecule has 0 unspecified atom stereocenters. The van der Waals surface area contributed by atoms with Crippen LogP contribution in [0.5, 0.6) is 5.75 Å². The van der Waals surface area contributed by atoms with Crippen LogP contribution in [0.25, 0.3) is 0 Å². The molecule has 0 spiro atoms. The Hall–Kier alpha value is -3.07. The number of carbonyl (C=O) groups is 2.